The number of halogens is 1. The van der Waals surface area contributed by atoms with Crippen LogP contribution in [-0.2, 0) is 11.2 Å². The Morgan fingerprint density at radius 3 is 2.69 bits per heavy atom. The maximum Gasteiger partial charge on any atom is 0.259 e. The Kier molecular flexibility index (Phi) is 9.34. The summed E-state index contributed by atoms with van der Waals surface area (Å²) in [6.07, 6.45) is 3.04. The normalized spacial score (nSPS) is 20.0. The number of hydrogen-bond donors (Lipinski definition) is 2. The van der Waals surface area contributed by atoms with Crippen molar-refractivity contribution in [1.29, 1.82) is 0 Å². The summed E-state index contributed by atoms with van der Waals surface area (Å²) in [5.41, 5.74) is 2.52. The minimum absolute atomic E-state index is 0.0363. The molecule has 236 valence electrons. The number of rotatable bonds is 10. The first-order chi connectivity index (χ1) is 21.8. The lowest BCUT2D eigenvalue weighted by Crippen LogP contribution is -2.48. The number of β-amino-alcohol motifs (C(OH)–C–C–N with tert-alkyl or cyclic N) is 1. The molecule has 0 bridgehead atoms. The molecule has 2 N–H and O–H groups in total. The van der Waals surface area contributed by atoms with Crippen molar-refractivity contribution in [2.75, 3.05) is 45.9 Å². The first-order valence-electron chi connectivity index (χ1n) is 15.2. The molecule has 3 aromatic rings. The summed E-state index contributed by atoms with van der Waals surface area (Å²) in [5.74, 6) is 1.12. The van der Waals surface area contributed by atoms with E-state index in [-0.39, 0.29) is 37.1 Å². The number of aromatic nitrogens is 1. The molecule has 1 aromatic heterocycles. The number of benzene rings is 2. The Hall–Kier alpha value is -4.39. The molecule has 0 spiro atoms. The van der Waals surface area contributed by atoms with Gasteiger partial charge in [-0.25, -0.2) is 9.38 Å². The van der Waals surface area contributed by atoms with Crippen molar-refractivity contribution in [2.45, 2.75) is 38.6 Å². The van der Waals surface area contributed by atoms with Gasteiger partial charge in [0.05, 0.1) is 30.9 Å². The van der Waals surface area contributed by atoms with Gasteiger partial charge >= 0.3 is 0 Å². The topological polar surface area (TPSA) is 121 Å². The predicted molar refractivity (Wildman–Crippen MR) is 167 cm³/mol. The molecule has 2 aromatic carbocycles. The number of guanidine groups is 1. The van der Waals surface area contributed by atoms with Crippen molar-refractivity contribution < 1.29 is 28.5 Å². The number of ether oxygens (including phenoxy) is 3. The molecule has 45 heavy (non-hydrogen) atoms. The van der Waals surface area contributed by atoms with Gasteiger partial charge in [0.15, 0.2) is 11.5 Å². The number of nitrogens with zero attached hydrogens (tertiary/aromatic N) is 5. The third-order valence-electron chi connectivity index (χ3n) is 7.75. The average molecular weight is 617 g/mol. The Morgan fingerprint density at radius 2 is 1.93 bits per heavy atom. The molecule has 0 saturated carbocycles. The molecule has 6 rings (SSSR count). The molecule has 0 unspecified atom stereocenters. The van der Waals surface area contributed by atoms with Crippen molar-refractivity contribution >= 4 is 23.4 Å². The van der Waals surface area contributed by atoms with Crippen LogP contribution >= 0.6 is 0 Å². The molecule has 0 aliphatic carbocycles. The van der Waals surface area contributed by atoms with Crippen LogP contribution in [0, 0.1) is 5.82 Å². The van der Waals surface area contributed by atoms with E-state index in [0.717, 1.165) is 24.2 Å². The number of aliphatic hydroxyl groups is 1. The number of carbonyl (C=O) groups is 1. The fraction of sp³-hybridized carbons (Fsp3) is 0.394. The smallest absolute Gasteiger partial charge is 0.259 e. The van der Waals surface area contributed by atoms with Crippen LogP contribution < -0.4 is 14.8 Å². The lowest BCUT2D eigenvalue weighted by molar-refractivity contribution is -0.0787. The fourth-order valence-electron chi connectivity index (χ4n) is 5.81. The van der Waals surface area contributed by atoms with Crippen molar-refractivity contribution in [3.63, 3.8) is 0 Å². The zero-order chi connectivity index (χ0) is 31.3. The lowest BCUT2D eigenvalue weighted by atomic mass is 10.1. The monoisotopic (exact) mass is 616 g/mol. The maximum absolute atomic E-state index is 13.5. The van der Waals surface area contributed by atoms with E-state index in [1.54, 1.807) is 36.5 Å². The van der Waals surface area contributed by atoms with Crippen LogP contribution in [0.25, 0.3) is 0 Å². The van der Waals surface area contributed by atoms with E-state index >= 15 is 0 Å². The third-order valence-corrected chi connectivity index (χ3v) is 7.75. The van der Waals surface area contributed by atoms with E-state index in [0.29, 0.717) is 60.6 Å². The van der Waals surface area contributed by atoms with Crippen LogP contribution in [0.5, 0.6) is 11.5 Å². The van der Waals surface area contributed by atoms with Gasteiger partial charge in [-0.05, 0) is 55.8 Å². The van der Waals surface area contributed by atoms with Crippen molar-refractivity contribution in [3.8, 4) is 11.5 Å². The number of amides is 1. The first-order valence-corrected chi connectivity index (χ1v) is 15.2. The minimum atomic E-state index is -0.752. The number of morpholine rings is 1. The molecule has 3 aliphatic rings. The van der Waals surface area contributed by atoms with Crippen molar-refractivity contribution in [3.05, 3.63) is 83.4 Å². The van der Waals surface area contributed by atoms with Crippen LogP contribution in [0.2, 0.25) is 0 Å². The number of hydrogen-bond acceptors (Lipinski definition) is 10. The predicted octanol–water partition coefficient (Wildman–Crippen LogP) is 3.18. The highest BCUT2D eigenvalue weighted by Crippen LogP contribution is 2.43. The van der Waals surface area contributed by atoms with Gasteiger partial charge in [-0.3, -0.25) is 29.9 Å². The summed E-state index contributed by atoms with van der Waals surface area (Å²) in [7, 11) is 0. The molecule has 1 fully saturated rings. The third kappa shape index (κ3) is 7.30. The number of aliphatic hydroxyl groups excluding tert-OH is 1. The van der Waals surface area contributed by atoms with Crippen LogP contribution in [0.1, 0.15) is 35.3 Å². The summed E-state index contributed by atoms with van der Waals surface area (Å²) in [4.78, 5) is 30.7. The van der Waals surface area contributed by atoms with Gasteiger partial charge < -0.3 is 19.3 Å². The molecule has 1 amide bonds. The highest BCUT2D eigenvalue weighted by atomic mass is 19.1. The number of carbonyl (C=O) groups excluding carboxylic acids is 1. The maximum atomic E-state index is 13.5. The van der Waals surface area contributed by atoms with E-state index in [1.165, 1.54) is 18.3 Å². The van der Waals surface area contributed by atoms with E-state index in [2.05, 4.69) is 15.2 Å². The summed E-state index contributed by atoms with van der Waals surface area (Å²) < 4.78 is 31.8. The summed E-state index contributed by atoms with van der Waals surface area (Å²) in [6, 6.07) is 13.3. The number of nitrogens with one attached hydrogen (secondary N) is 1. The minimum Gasteiger partial charge on any atom is -0.487 e. The van der Waals surface area contributed by atoms with Gasteiger partial charge in [0.25, 0.3) is 5.91 Å². The fourth-order valence-corrected chi connectivity index (χ4v) is 5.81. The second-order valence-corrected chi connectivity index (χ2v) is 11.4. The zero-order valence-electron chi connectivity index (χ0n) is 25.4. The second-order valence-electron chi connectivity index (χ2n) is 11.4. The molecular weight excluding hydrogens is 579 g/mol. The highest BCUT2D eigenvalue weighted by molar-refractivity contribution is 6.20. The van der Waals surface area contributed by atoms with Gasteiger partial charge in [-0.1, -0.05) is 12.1 Å². The van der Waals surface area contributed by atoms with Gasteiger partial charge in [0.2, 0.25) is 5.96 Å². The number of pyridine rings is 1. The van der Waals surface area contributed by atoms with Crippen molar-refractivity contribution in [2.24, 2.45) is 9.98 Å². The van der Waals surface area contributed by atoms with E-state index in [9.17, 15) is 14.3 Å². The standard InChI is InChI=1S/C33H37FN6O5/c1-21-17-39(18-22(2)45-21)19-26(41)20-44-28-10-9-27-29(30(28)43-15-11-23-5-7-25(34)8-6-23)37-33(40-14-13-36-31(27)40)38-32(42)24-4-3-12-35-16-24/h3-10,12,16,21-22,26,41H,11,13-15,17-20H2,1-2H3,(H,37,38,42)/t21-,22+,26-/m1/s1. The molecule has 3 atom stereocenters. The van der Waals surface area contributed by atoms with Crippen molar-refractivity contribution in [1.82, 2.24) is 20.1 Å². The quantitative estimate of drug-likeness (QED) is 0.357. The molecule has 11 nitrogen and oxygen atoms in total. The van der Waals surface area contributed by atoms with Crippen LogP contribution in [0.3, 0.4) is 0 Å². The largest absolute Gasteiger partial charge is 0.487 e. The van der Waals surface area contributed by atoms with Gasteiger partial charge in [-0.15, -0.1) is 0 Å². The molecule has 1 saturated heterocycles. The summed E-state index contributed by atoms with van der Waals surface area (Å²) in [5, 5.41) is 13.8. The Balaban J connectivity index is 1.26. The number of fused-ring (bicyclic) bond motifs is 3. The van der Waals surface area contributed by atoms with E-state index in [4.69, 9.17) is 24.2 Å². The Bertz CT molecular complexity index is 1560. The SMILES string of the molecule is C[C@@H]1CN(C[C@@H](O)COc2ccc3c(c2OCCc2ccc(F)cc2)N=C(NC(=O)c2cccnc2)N2CCN=C32)C[C@H](C)O1. The zero-order valence-corrected chi connectivity index (χ0v) is 25.4. The van der Waals surface area contributed by atoms with Crippen LogP contribution in [0.4, 0.5) is 10.1 Å². The Morgan fingerprint density at radius 1 is 1.13 bits per heavy atom. The van der Waals surface area contributed by atoms with Gasteiger partial charge in [0.1, 0.15) is 30.1 Å². The van der Waals surface area contributed by atoms with E-state index in [1.807, 2.05) is 24.8 Å². The molecule has 12 heteroatoms. The molecule has 0 radical (unpaired) electrons. The highest BCUT2D eigenvalue weighted by Gasteiger charge is 2.34. The number of amidine groups is 1. The average Bonchev–Trinajstić information content (AvgIpc) is 3.52. The van der Waals surface area contributed by atoms with Crippen LogP contribution in [0.15, 0.2) is 70.9 Å². The van der Waals surface area contributed by atoms with Crippen LogP contribution in [-0.4, -0.2) is 102 Å². The number of aliphatic imine (C=N–C) groups is 2. The summed E-state index contributed by atoms with van der Waals surface area (Å²) in [6.45, 7) is 7.36. The lowest BCUT2D eigenvalue weighted by Gasteiger charge is -2.36. The van der Waals surface area contributed by atoms with E-state index < -0.39 is 6.10 Å². The first kappa shape index (κ1) is 30.6. The second kappa shape index (κ2) is 13.7. The van der Waals surface area contributed by atoms with Gasteiger partial charge in [0, 0.05) is 50.6 Å². The summed E-state index contributed by atoms with van der Waals surface area (Å²) >= 11 is 0. The Labute approximate surface area is 261 Å². The molecule has 4 heterocycles. The molecular formula is C33H37FN6O5. The molecule has 3 aliphatic heterocycles. The van der Waals surface area contributed by atoms with Gasteiger partial charge in [-0.2, -0.15) is 0 Å².